The molecule has 0 bridgehead atoms. The van der Waals surface area contributed by atoms with Crippen molar-refractivity contribution < 1.29 is 39.1 Å². The summed E-state index contributed by atoms with van der Waals surface area (Å²) in [5.41, 5.74) is 1.25. The summed E-state index contributed by atoms with van der Waals surface area (Å²) in [6.45, 7) is 3.01. The van der Waals surface area contributed by atoms with Crippen molar-refractivity contribution in [1.29, 1.82) is 0 Å². The zero-order valence-electron chi connectivity index (χ0n) is 21.9. The van der Waals surface area contributed by atoms with Crippen LogP contribution in [-0.2, 0) is 20.9 Å². The predicted molar refractivity (Wildman–Crippen MR) is 143 cm³/mol. The quantitative estimate of drug-likeness (QED) is 0.180. The Balaban J connectivity index is 1.52. The number of carbonyl (C=O) groups is 4. The fourth-order valence-corrected chi connectivity index (χ4v) is 7.11. The summed E-state index contributed by atoms with van der Waals surface area (Å²) in [6, 6.07) is 11.8. The molecule has 1 fully saturated rings. The normalized spacial score (nSPS) is 20.7. The highest BCUT2D eigenvalue weighted by Crippen LogP contribution is 2.51. The van der Waals surface area contributed by atoms with Crippen LogP contribution < -0.4 is 9.67 Å². The van der Waals surface area contributed by atoms with Crippen molar-refractivity contribution in [2.24, 2.45) is 11.8 Å². The molecule has 2 N–H and O–H groups in total. The first kappa shape index (κ1) is 26.5. The van der Waals surface area contributed by atoms with Crippen LogP contribution in [0.1, 0.15) is 34.8 Å². The van der Waals surface area contributed by atoms with E-state index >= 15 is 0 Å². The number of hydrogen-bond acceptors (Lipinski definition) is 8. The van der Waals surface area contributed by atoms with Gasteiger partial charge in [-0.3, -0.25) is 14.0 Å². The summed E-state index contributed by atoms with van der Waals surface area (Å²) in [5, 5.41) is 31.7. The third kappa shape index (κ3) is 4.14. The van der Waals surface area contributed by atoms with Gasteiger partial charge in [-0.25, -0.2) is 9.78 Å². The molecule has 41 heavy (non-hydrogen) atoms. The van der Waals surface area contributed by atoms with Crippen LogP contribution >= 0.6 is 11.3 Å². The number of nitrogens with zero attached hydrogens (tertiary/aromatic N) is 4. The van der Waals surface area contributed by atoms with Gasteiger partial charge in [0.25, 0.3) is 0 Å². The van der Waals surface area contributed by atoms with Gasteiger partial charge in [-0.2, -0.15) is 4.57 Å². The highest BCUT2D eigenvalue weighted by atomic mass is 32.1. The van der Waals surface area contributed by atoms with Crippen molar-refractivity contribution in [3.63, 3.8) is 0 Å². The molecule has 12 heteroatoms. The summed E-state index contributed by atoms with van der Waals surface area (Å²) >= 11 is 1.17. The van der Waals surface area contributed by atoms with E-state index < -0.39 is 47.6 Å². The Kier molecular flexibility index (Phi) is 6.31. The predicted octanol–water partition coefficient (Wildman–Crippen LogP) is 0.984. The van der Waals surface area contributed by atoms with Crippen LogP contribution in [0.25, 0.3) is 21.8 Å². The molecule has 0 aliphatic carbocycles. The Labute approximate surface area is 237 Å². The maximum absolute atomic E-state index is 13.8. The molecule has 1 saturated heterocycles. The lowest BCUT2D eigenvalue weighted by Crippen LogP contribution is -2.64. The first-order valence-electron chi connectivity index (χ1n) is 12.9. The number of pyridine rings is 1. The number of hydrogen-bond donors (Lipinski definition) is 2. The van der Waals surface area contributed by atoms with E-state index in [1.54, 1.807) is 28.9 Å². The van der Waals surface area contributed by atoms with Crippen LogP contribution in [-0.4, -0.2) is 60.3 Å². The van der Waals surface area contributed by atoms with Gasteiger partial charge in [0.15, 0.2) is 12.4 Å². The van der Waals surface area contributed by atoms with Crippen molar-refractivity contribution in [2.45, 2.75) is 32.5 Å². The number of fused-ring (bicyclic) bond motifs is 2. The molecule has 11 nitrogen and oxygen atoms in total. The number of amides is 1. The first-order valence-corrected chi connectivity index (χ1v) is 13.7. The number of aromatic nitrogens is 3. The second kappa shape index (κ2) is 9.75. The van der Waals surface area contributed by atoms with Crippen molar-refractivity contribution in [1.82, 2.24) is 14.3 Å². The summed E-state index contributed by atoms with van der Waals surface area (Å²) in [4.78, 5) is 57.0. The topological polar surface area (TPSA) is 156 Å². The number of carboxylic acid groups (broad SMARTS) is 2. The number of imidazole rings is 1. The zero-order valence-corrected chi connectivity index (χ0v) is 22.7. The van der Waals surface area contributed by atoms with Crippen LogP contribution in [0.5, 0.6) is 0 Å². The van der Waals surface area contributed by atoms with Gasteiger partial charge in [0, 0.05) is 29.3 Å². The molecule has 1 aromatic carbocycles. The molecule has 208 valence electrons. The molecule has 1 amide bonds. The highest BCUT2D eigenvalue weighted by Gasteiger charge is 2.59. The highest BCUT2D eigenvalue weighted by molar-refractivity contribution is 7.18. The van der Waals surface area contributed by atoms with Gasteiger partial charge in [-0.15, -0.1) is 11.3 Å². The number of carboxylic acids is 2. The van der Waals surface area contributed by atoms with Gasteiger partial charge < -0.3 is 25.0 Å². The largest absolute Gasteiger partial charge is 0.543 e. The third-order valence-corrected chi connectivity index (χ3v) is 8.77. The minimum absolute atomic E-state index is 0.121. The summed E-state index contributed by atoms with van der Waals surface area (Å²) in [7, 11) is 0. The van der Waals surface area contributed by atoms with Crippen molar-refractivity contribution in [2.75, 3.05) is 0 Å². The Morgan fingerprint density at radius 3 is 2.56 bits per heavy atom. The number of rotatable bonds is 8. The molecule has 0 unspecified atom stereocenters. The van der Waals surface area contributed by atoms with E-state index in [1.165, 1.54) is 33.9 Å². The molecule has 4 aromatic rings. The van der Waals surface area contributed by atoms with Crippen LogP contribution in [0.2, 0.25) is 0 Å². The maximum Gasteiger partial charge on any atom is 0.370 e. The SMILES string of the molecule is C[C@@H](O)[C@H]1C(=O)N2C(C(=O)[O-])=C(c3cn4c(-c5ccccc5)nc(C(=O)c5ccc[n+](CC(=O)O)c5)c4s3)[C@H](C)[C@H]12. The van der Waals surface area contributed by atoms with Gasteiger partial charge in [-0.1, -0.05) is 37.3 Å². The summed E-state index contributed by atoms with van der Waals surface area (Å²) < 4.78 is 3.12. The molecule has 2 aliphatic heterocycles. The lowest BCUT2D eigenvalue weighted by Gasteiger charge is -2.47. The van der Waals surface area contributed by atoms with Gasteiger partial charge >= 0.3 is 5.97 Å². The fourth-order valence-electron chi connectivity index (χ4n) is 5.88. The minimum atomic E-state index is -1.49. The second-order valence-corrected chi connectivity index (χ2v) is 11.2. The molecule has 0 radical (unpaired) electrons. The Hall–Kier alpha value is -4.68. The molecule has 2 aliphatic rings. The molecule has 0 saturated carbocycles. The molecule has 6 rings (SSSR count). The summed E-state index contributed by atoms with van der Waals surface area (Å²) in [6.07, 6.45) is 3.76. The van der Waals surface area contributed by atoms with Gasteiger partial charge in [0.05, 0.1) is 40.2 Å². The molecule has 5 heterocycles. The molecule has 4 atom stereocenters. The second-order valence-electron chi connectivity index (χ2n) is 10.2. The molecule has 3 aromatic heterocycles. The number of aliphatic hydroxyl groups is 1. The van der Waals surface area contributed by atoms with Crippen LogP contribution in [0.15, 0.2) is 66.8 Å². The van der Waals surface area contributed by atoms with Crippen LogP contribution in [0, 0.1) is 11.8 Å². The minimum Gasteiger partial charge on any atom is -0.543 e. The molecule has 0 spiro atoms. The number of aliphatic hydroxyl groups excluding tert-OH is 1. The lowest BCUT2D eigenvalue weighted by atomic mass is 9.77. The van der Waals surface area contributed by atoms with Crippen molar-refractivity contribution in [3.8, 4) is 11.4 Å². The maximum atomic E-state index is 13.8. The average molecular weight is 573 g/mol. The van der Waals surface area contributed by atoms with Crippen LogP contribution in [0.3, 0.4) is 0 Å². The summed E-state index contributed by atoms with van der Waals surface area (Å²) in [5.74, 6) is -4.12. The third-order valence-electron chi connectivity index (χ3n) is 7.64. The van der Waals surface area contributed by atoms with Crippen molar-refractivity contribution in [3.05, 3.63) is 82.9 Å². The van der Waals surface area contributed by atoms with Gasteiger partial charge in [0.2, 0.25) is 18.2 Å². The van der Waals surface area contributed by atoms with E-state index in [0.717, 1.165) is 5.56 Å². The monoisotopic (exact) mass is 572 g/mol. The Bertz CT molecular complexity index is 1790. The number of carbonyl (C=O) groups excluding carboxylic acids is 3. The van der Waals surface area contributed by atoms with Crippen molar-refractivity contribution >= 4 is 45.4 Å². The molecular weight excluding hydrogens is 548 g/mol. The number of thiazole rings is 1. The first-order chi connectivity index (χ1) is 19.6. The number of benzene rings is 1. The number of β-lactam (4-membered cyclic amide) rings is 1. The fraction of sp³-hybridized carbons (Fsp3) is 0.241. The van der Waals surface area contributed by atoms with E-state index in [4.69, 9.17) is 5.11 Å². The standard InChI is InChI=1S/C29H24N4O7S/c1-14-20(24(29(39)40)33-23(14)21(15(2)34)27(33)38)18-12-32-26(16-7-4-3-5-8-16)30-22(28(32)41-18)25(37)17-9-6-10-31(11-17)13-19(35)36/h3-12,14-15,21,23,34H,13H2,1-2H3,(H-,35,36,39,40)/t14-,15+,21+,23+/m0/s1. The van der Waals surface area contributed by atoms with E-state index in [2.05, 4.69) is 4.98 Å². The lowest BCUT2D eigenvalue weighted by molar-refractivity contribution is -0.685. The Morgan fingerprint density at radius 2 is 1.90 bits per heavy atom. The van der Waals surface area contributed by atoms with E-state index in [1.807, 2.05) is 37.3 Å². The number of aliphatic carboxylic acids is 2. The average Bonchev–Trinajstić information content (AvgIpc) is 3.57. The van der Waals surface area contributed by atoms with Gasteiger partial charge in [-0.05, 0) is 13.0 Å². The molecular formula is C29H24N4O7S. The van der Waals surface area contributed by atoms with E-state index in [0.29, 0.717) is 21.1 Å². The van der Waals surface area contributed by atoms with E-state index in [-0.39, 0.29) is 23.5 Å². The van der Waals surface area contributed by atoms with E-state index in [9.17, 15) is 29.4 Å². The Morgan fingerprint density at radius 1 is 1.17 bits per heavy atom. The smallest absolute Gasteiger partial charge is 0.370 e. The van der Waals surface area contributed by atoms with Gasteiger partial charge in [0.1, 0.15) is 16.3 Å². The van der Waals surface area contributed by atoms with Crippen LogP contribution in [0.4, 0.5) is 0 Å². The number of ketones is 1. The zero-order chi connectivity index (χ0) is 29.2.